The Bertz CT molecular complexity index is 196. The van der Waals surface area contributed by atoms with Crippen molar-refractivity contribution in [2.24, 2.45) is 0 Å². The highest BCUT2D eigenvalue weighted by molar-refractivity contribution is 4.94. The molecule has 1 aliphatic heterocycles. The van der Waals surface area contributed by atoms with Gasteiger partial charge in [-0.15, -0.1) is 0 Å². The van der Waals surface area contributed by atoms with E-state index in [-0.39, 0.29) is 12.9 Å². The van der Waals surface area contributed by atoms with Crippen LogP contribution in [0.2, 0.25) is 0 Å². The molecule has 3 nitrogen and oxygen atoms in total. The summed E-state index contributed by atoms with van der Waals surface area (Å²) in [6, 6.07) is 0. The molecule has 1 rings (SSSR count). The third-order valence-electron chi connectivity index (χ3n) is 1.74. The normalized spacial score (nSPS) is 21.4. The molecule has 0 spiro atoms. The molecule has 0 aromatic carbocycles. The molecule has 0 saturated carbocycles. The summed E-state index contributed by atoms with van der Waals surface area (Å²) < 4.78 is 10.4. The number of hydrogen-bond donors (Lipinski definition) is 1. The minimum absolute atomic E-state index is 0.0881. The van der Waals surface area contributed by atoms with E-state index in [4.69, 9.17) is 14.6 Å². The number of ether oxygens (including phenoxy) is 2. The smallest absolute Gasteiger partial charge is 0.243 e. The molecule has 3 heteroatoms. The van der Waals surface area contributed by atoms with Gasteiger partial charge in [0.2, 0.25) is 6.29 Å². The summed E-state index contributed by atoms with van der Waals surface area (Å²) in [5, 5.41) is 8.70. The van der Waals surface area contributed by atoms with Crippen LogP contribution in [0.5, 0.6) is 0 Å². The monoisotopic (exact) mass is 184 g/mol. The Labute approximate surface area is 78.7 Å². The lowest BCUT2D eigenvalue weighted by Crippen LogP contribution is -2.07. The summed E-state index contributed by atoms with van der Waals surface area (Å²) in [5.74, 6) is 0.508. The van der Waals surface area contributed by atoms with Crippen molar-refractivity contribution in [1.29, 1.82) is 0 Å². The van der Waals surface area contributed by atoms with Gasteiger partial charge in [0.1, 0.15) is 12.9 Å². The van der Waals surface area contributed by atoms with Gasteiger partial charge < -0.3 is 14.6 Å². The van der Waals surface area contributed by atoms with Crippen molar-refractivity contribution < 1.29 is 14.6 Å². The van der Waals surface area contributed by atoms with Gasteiger partial charge in [-0.3, -0.25) is 0 Å². The minimum Gasteiger partial charge on any atom is -0.459 e. The van der Waals surface area contributed by atoms with Crippen LogP contribution >= 0.6 is 0 Å². The van der Waals surface area contributed by atoms with Crippen LogP contribution in [-0.4, -0.2) is 18.0 Å². The summed E-state index contributed by atoms with van der Waals surface area (Å²) >= 11 is 0. The van der Waals surface area contributed by atoms with Crippen LogP contribution in [0.25, 0.3) is 0 Å². The molecule has 1 atom stereocenters. The van der Waals surface area contributed by atoms with E-state index in [9.17, 15) is 0 Å². The molecule has 1 unspecified atom stereocenters. The van der Waals surface area contributed by atoms with Crippen LogP contribution in [0.1, 0.15) is 26.2 Å². The van der Waals surface area contributed by atoms with E-state index in [1.807, 2.05) is 6.08 Å². The van der Waals surface area contributed by atoms with Crippen LogP contribution in [0.4, 0.5) is 0 Å². The molecule has 0 radical (unpaired) electrons. The van der Waals surface area contributed by atoms with Gasteiger partial charge in [0.05, 0.1) is 0 Å². The van der Waals surface area contributed by atoms with Crippen molar-refractivity contribution in [2.45, 2.75) is 32.5 Å². The number of allylic oxidation sites excluding steroid dienone is 1. The highest BCUT2D eigenvalue weighted by Gasteiger charge is 2.16. The predicted octanol–water partition coefficient (Wildman–Crippen LogP) is 1.94. The van der Waals surface area contributed by atoms with Crippen molar-refractivity contribution in [2.75, 3.05) is 6.61 Å². The van der Waals surface area contributed by atoms with Gasteiger partial charge in [0, 0.05) is 6.42 Å². The second-order valence-corrected chi connectivity index (χ2v) is 2.92. The molecule has 1 heterocycles. The molecular weight excluding hydrogens is 168 g/mol. The van der Waals surface area contributed by atoms with E-state index in [2.05, 4.69) is 13.0 Å². The Balaban J connectivity index is 2.12. The first-order valence-corrected chi connectivity index (χ1v) is 4.63. The summed E-state index contributed by atoms with van der Waals surface area (Å²) in [4.78, 5) is 0. The fraction of sp³-hybridized carbons (Fsp3) is 0.600. The van der Waals surface area contributed by atoms with E-state index in [0.717, 1.165) is 19.3 Å². The molecule has 0 aromatic rings. The summed E-state index contributed by atoms with van der Waals surface area (Å²) in [6.07, 6.45) is 8.37. The minimum atomic E-state index is -0.241. The maximum atomic E-state index is 8.70. The maximum absolute atomic E-state index is 8.70. The molecule has 0 fully saturated rings. The van der Waals surface area contributed by atoms with Crippen LogP contribution in [0.15, 0.2) is 24.2 Å². The molecule has 0 aromatic heterocycles. The lowest BCUT2D eigenvalue weighted by Gasteiger charge is -2.07. The zero-order valence-corrected chi connectivity index (χ0v) is 7.90. The third kappa shape index (κ3) is 3.51. The molecular formula is C10H16O3. The molecule has 0 saturated heterocycles. The maximum Gasteiger partial charge on any atom is 0.243 e. The summed E-state index contributed by atoms with van der Waals surface area (Å²) in [6.45, 7) is 2.05. The van der Waals surface area contributed by atoms with E-state index < -0.39 is 0 Å². The van der Waals surface area contributed by atoms with Gasteiger partial charge in [-0.2, -0.15) is 0 Å². The average molecular weight is 184 g/mol. The van der Waals surface area contributed by atoms with Crippen molar-refractivity contribution in [3.05, 3.63) is 24.2 Å². The molecule has 74 valence electrons. The van der Waals surface area contributed by atoms with E-state index in [1.165, 1.54) is 6.26 Å². The lowest BCUT2D eigenvalue weighted by molar-refractivity contribution is -0.0335. The zero-order chi connectivity index (χ0) is 9.52. The van der Waals surface area contributed by atoms with Gasteiger partial charge in [0.25, 0.3) is 0 Å². The predicted molar refractivity (Wildman–Crippen MR) is 49.8 cm³/mol. The first-order chi connectivity index (χ1) is 6.36. The summed E-state index contributed by atoms with van der Waals surface area (Å²) in [7, 11) is 0. The van der Waals surface area contributed by atoms with Crippen LogP contribution in [-0.2, 0) is 9.47 Å². The fourth-order valence-corrected chi connectivity index (χ4v) is 1.05. The van der Waals surface area contributed by atoms with Gasteiger partial charge in [-0.1, -0.05) is 25.5 Å². The number of aliphatic hydroxyl groups excluding tert-OH is 1. The number of aliphatic hydroxyl groups is 1. The Kier molecular flexibility index (Phi) is 4.40. The topological polar surface area (TPSA) is 38.7 Å². The molecule has 1 N–H and O–H groups in total. The van der Waals surface area contributed by atoms with Crippen LogP contribution in [0.3, 0.4) is 0 Å². The number of unbranched alkanes of at least 4 members (excludes halogenated alkanes) is 1. The largest absolute Gasteiger partial charge is 0.459 e. The fourth-order valence-electron chi connectivity index (χ4n) is 1.05. The van der Waals surface area contributed by atoms with E-state index in [0.29, 0.717) is 5.76 Å². The molecule has 0 bridgehead atoms. The Morgan fingerprint density at radius 2 is 2.38 bits per heavy atom. The Morgan fingerprint density at radius 1 is 1.54 bits per heavy atom. The van der Waals surface area contributed by atoms with Gasteiger partial charge in [-0.25, -0.2) is 0 Å². The van der Waals surface area contributed by atoms with Crippen LogP contribution in [0, 0.1) is 0 Å². The third-order valence-corrected chi connectivity index (χ3v) is 1.74. The first kappa shape index (κ1) is 10.1. The van der Waals surface area contributed by atoms with Crippen molar-refractivity contribution >= 4 is 0 Å². The first-order valence-electron chi connectivity index (χ1n) is 4.63. The zero-order valence-electron chi connectivity index (χ0n) is 7.90. The quantitative estimate of drug-likeness (QED) is 0.663. The second-order valence-electron chi connectivity index (χ2n) is 2.92. The molecule has 0 aliphatic carbocycles. The number of rotatable bonds is 5. The molecule has 0 amide bonds. The number of hydrogen-bond acceptors (Lipinski definition) is 3. The van der Waals surface area contributed by atoms with Gasteiger partial charge in [-0.05, 0) is 6.42 Å². The standard InChI is InChI=1S/C10H16O3/c1-2-3-4-5-6-10-12-8-9(7-11)13-10/h4-5,8,10-11H,2-3,6-7H2,1H3. The molecule has 1 aliphatic rings. The second kappa shape index (κ2) is 5.65. The Morgan fingerprint density at radius 3 is 3.00 bits per heavy atom. The average Bonchev–Trinajstić information content (AvgIpc) is 2.60. The van der Waals surface area contributed by atoms with Crippen LogP contribution < -0.4 is 0 Å². The molecule has 13 heavy (non-hydrogen) atoms. The van der Waals surface area contributed by atoms with Crippen molar-refractivity contribution in [3.8, 4) is 0 Å². The highest BCUT2D eigenvalue weighted by atomic mass is 16.7. The van der Waals surface area contributed by atoms with E-state index in [1.54, 1.807) is 0 Å². The Hall–Kier alpha value is -0.960. The van der Waals surface area contributed by atoms with E-state index >= 15 is 0 Å². The lowest BCUT2D eigenvalue weighted by atomic mass is 10.3. The summed E-state index contributed by atoms with van der Waals surface area (Å²) in [5.41, 5.74) is 0. The SMILES string of the molecule is CCCC=CCC1OC=C(CO)O1. The van der Waals surface area contributed by atoms with Gasteiger partial charge in [0.15, 0.2) is 5.76 Å². The van der Waals surface area contributed by atoms with Gasteiger partial charge >= 0.3 is 0 Å². The highest BCUT2D eigenvalue weighted by Crippen LogP contribution is 2.16. The van der Waals surface area contributed by atoms with Crippen molar-refractivity contribution in [1.82, 2.24) is 0 Å². The van der Waals surface area contributed by atoms with Crippen molar-refractivity contribution in [3.63, 3.8) is 0 Å².